The van der Waals surface area contributed by atoms with Crippen LogP contribution in [-0.2, 0) is 19.6 Å². The van der Waals surface area contributed by atoms with Crippen LogP contribution >= 0.6 is 0 Å². The molecule has 0 saturated heterocycles. The Labute approximate surface area is 241 Å². The zero-order valence-electron chi connectivity index (χ0n) is 23.1. The Morgan fingerprint density at radius 1 is 0.905 bits per heavy atom. The van der Waals surface area contributed by atoms with Crippen LogP contribution in [0.15, 0.2) is 95.8 Å². The zero-order chi connectivity index (χ0) is 28.9. The highest BCUT2D eigenvalue weighted by Crippen LogP contribution is 2.30. The van der Waals surface area contributed by atoms with Gasteiger partial charge in [-0.15, -0.1) is 10.2 Å². The summed E-state index contributed by atoms with van der Waals surface area (Å²) < 4.78 is 21.5. The fourth-order valence-corrected chi connectivity index (χ4v) is 4.99. The minimum atomic E-state index is -0.424. The Morgan fingerprint density at radius 2 is 1.67 bits per heavy atom. The monoisotopic (exact) mass is 560 g/mol. The number of hydrogen-bond donors (Lipinski definition) is 1. The maximum atomic E-state index is 14.0. The van der Waals surface area contributed by atoms with Crippen molar-refractivity contribution in [1.29, 1.82) is 0 Å². The van der Waals surface area contributed by atoms with E-state index in [0.717, 1.165) is 46.5 Å². The van der Waals surface area contributed by atoms with Crippen molar-refractivity contribution >= 4 is 10.9 Å². The number of halogens is 1. The van der Waals surface area contributed by atoms with Crippen LogP contribution in [0.4, 0.5) is 4.39 Å². The second-order valence-electron chi connectivity index (χ2n) is 10.1. The number of ether oxygens (including phenoxy) is 1. The summed E-state index contributed by atoms with van der Waals surface area (Å²) in [7, 11) is 0. The molecule has 0 bridgehead atoms. The van der Waals surface area contributed by atoms with Crippen LogP contribution in [0.1, 0.15) is 36.7 Å². The van der Waals surface area contributed by atoms with Crippen LogP contribution in [0.3, 0.4) is 0 Å². The molecule has 0 radical (unpaired) electrons. The molecule has 210 valence electrons. The summed E-state index contributed by atoms with van der Waals surface area (Å²) in [5.41, 5.74) is 5.16. The molecule has 0 aliphatic carbocycles. The number of aryl methyl sites for hydroxylation is 1. The van der Waals surface area contributed by atoms with Gasteiger partial charge in [0.05, 0.1) is 17.4 Å². The Morgan fingerprint density at radius 3 is 2.43 bits per heavy atom. The van der Waals surface area contributed by atoms with Crippen LogP contribution in [0.5, 0.6) is 5.75 Å². The van der Waals surface area contributed by atoms with E-state index in [4.69, 9.17) is 9.72 Å². The van der Waals surface area contributed by atoms with Gasteiger partial charge in [-0.25, -0.2) is 9.37 Å². The first-order chi connectivity index (χ1) is 20.6. The number of H-pyrrole nitrogens is 1. The number of unbranched alkanes of at least 4 members (excludes halogenated alkanes) is 1. The lowest BCUT2D eigenvalue weighted by atomic mass is 9.98. The average Bonchev–Trinajstić information content (AvgIpc) is 3.57. The Bertz CT molecular complexity index is 1880. The molecule has 1 N–H and O–H groups in total. The van der Waals surface area contributed by atoms with E-state index >= 15 is 0 Å². The smallest absolute Gasteiger partial charge is 0.261 e. The molecule has 0 atom stereocenters. The summed E-state index contributed by atoms with van der Waals surface area (Å²) in [6, 6.07) is 27.8. The summed E-state index contributed by atoms with van der Waals surface area (Å²) >= 11 is 0. The lowest BCUT2D eigenvalue weighted by Crippen LogP contribution is -2.26. The van der Waals surface area contributed by atoms with Gasteiger partial charge in [-0.05, 0) is 58.2 Å². The molecular weight excluding hydrogens is 531 g/mol. The quantitative estimate of drug-likeness (QED) is 0.210. The van der Waals surface area contributed by atoms with Crippen LogP contribution in [-0.4, -0.2) is 30.2 Å². The number of nitrogens with zero attached hydrogens (tertiary/aromatic N) is 5. The molecule has 2 heterocycles. The van der Waals surface area contributed by atoms with Gasteiger partial charge in [0.1, 0.15) is 12.4 Å². The molecular formula is C33H29FN6O2. The highest BCUT2D eigenvalue weighted by atomic mass is 19.1. The van der Waals surface area contributed by atoms with Gasteiger partial charge < -0.3 is 4.74 Å². The number of rotatable bonds is 10. The largest absolute Gasteiger partial charge is 0.486 e. The molecule has 8 nitrogen and oxygen atoms in total. The van der Waals surface area contributed by atoms with Gasteiger partial charge in [-0.3, -0.25) is 9.36 Å². The molecule has 0 unspecified atom stereocenters. The summed E-state index contributed by atoms with van der Waals surface area (Å²) in [6.45, 7) is 2.65. The minimum Gasteiger partial charge on any atom is -0.486 e. The third-order valence-electron chi connectivity index (χ3n) is 7.20. The lowest BCUT2D eigenvalue weighted by Gasteiger charge is -2.15. The second-order valence-corrected chi connectivity index (χ2v) is 10.1. The number of fused-ring (bicyclic) bond motifs is 1. The first-order valence-corrected chi connectivity index (χ1v) is 13.9. The molecule has 0 aliphatic rings. The number of aromatic amines is 1. The van der Waals surface area contributed by atoms with Crippen molar-refractivity contribution in [3.8, 4) is 28.3 Å². The molecule has 0 amide bonds. The first kappa shape index (κ1) is 27.0. The molecule has 0 aliphatic heterocycles. The third kappa shape index (κ3) is 5.67. The van der Waals surface area contributed by atoms with E-state index in [9.17, 15) is 9.18 Å². The molecule has 6 aromatic rings. The fourth-order valence-electron chi connectivity index (χ4n) is 4.99. The second kappa shape index (κ2) is 12.1. The van der Waals surface area contributed by atoms with Crippen molar-refractivity contribution in [2.75, 3.05) is 0 Å². The predicted molar refractivity (Wildman–Crippen MR) is 159 cm³/mol. The number of nitrogens with one attached hydrogen (secondary N) is 1. The number of hydrogen-bond acceptors (Lipinski definition) is 6. The van der Waals surface area contributed by atoms with Crippen molar-refractivity contribution in [3.05, 3.63) is 124 Å². The topological polar surface area (TPSA) is 98.6 Å². The standard InChI is InChI=1S/C33H29FN6O2/c1-2-3-12-31-35-29-18-15-23(21-42-30-11-7-6-10-28(30)34)19-27(29)33(41)40(31)20-22-13-16-24(17-14-22)25-8-4-5-9-26(25)32-36-38-39-37-32/h4-11,13-19H,2-3,12,20-21H2,1H3,(H,36,37,38,39). The van der Waals surface area contributed by atoms with Crippen molar-refractivity contribution in [2.24, 2.45) is 0 Å². The Kier molecular flexibility index (Phi) is 7.81. The van der Waals surface area contributed by atoms with Crippen molar-refractivity contribution in [2.45, 2.75) is 39.3 Å². The molecule has 9 heteroatoms. The first-order valence-electron chi connectivity index (χ1n) is 13.9. The summed E-state index contributed by atoms with van der Waals surface area (Å²) in [6.07, 6.45) is 2.63. The summed E-state index contributed by atoms with van der Waals surface area (Å²) in [5, 5.41) is 15.0. The lowest BCUT2D eigenvalue weighted by molar-refractivity contribution is 0.290. The van der Waals surface area contributed by atoms with E-state index < -0.39 is 5.82 Å². The SMILES string of the molecule is CCCCc1nc2ccc(COc3ccccc3F)cc2c(=O)n1Cc1ccc(-c2ccccc2-c2nn[nH]n2)cc1. The normalized spacial score (nSPS) is 11.2. The van der Waals surface area contributed by atoms with Gasteiger partial charge in [-0.2, -0.15) is 5.21 Å². The van der Waals surface area contributed by atoms with Gasteiger partial charge in [0.2, 0.25) is 5.82 Å². The van der Waals surface area contributed by atoms with Gasteiger partial charge in [0.25, 0.3) is 5.56 Å². The van der Waals surface area contributed by atoms with Gasteiger partial charge in [-0.1, -0.05) is 80.1 Å². The van der Waals surface area contributed by atoms with Gasteiger partial charge in [0.15, 0.2) is 11.6 Å². The molecule has 6 rings (SSSR count). The van der Waals surface area contributed by atoms with E-state index in [-0.39, 0.29) is 17.9 Å². The number of aromatic nitrogens is 6. The Hall–Kier alpha value is -5.18. The molecule has 0 saturated carbocycles. The van der Waals surface area contributed by atoms with E-state index in [1.807, 2.05) is 60.7 Å². The van der Waals surface area contributed by atoms with E-state index in [0.29, 0.717) is 29.7 Å². The van der Waals surface area contributed by atoms with Crippen molar-refractivity contribution in [3.63, 3.8) is 0 Å². The van der Waals surface area contributed by atoms with Crippen molar-refractivity contribution < 1.29 is 9.13 Å². The van der Waals surface area contributed by atoms with E-state index in [2.05, 4.69) is 27.5 Å². The minimum absolute atomic E-state index is 0.106. The predicted octanol–water partition coefficient (Wildman–Crippen LogP) is 6.35. The fraction of sp³-hybridized carbons (Fsp3) is 0.182. The summed E-state index contributed by atoms with van der Waals surface area (Å²) in [5.74, 6) is 1.04. The molecule has 0 fully saturated rings. The van der Waals surface area contributed by atoms with Gasteiger partial charge >= 0.3 is 0 Å². The average molecular weight is 561 g/mol. The molecule has 42 heavy (non-hydrogen) atoms. The van der Waals surface area contributed by atoms with Crippen LogP contribution < -0.4 is 10.3 Å². The molecule has 0 spiro atoms. The summed E-state index contributed by atoms with van der Waals surface area (Å²) in [4.78, 5) is 18.7. The maximum absolute atomic E-state index is 14.0. The number of benzene rings is 4. The molecule has 4 aromatic carbocycles. The maximum Gasteiger partial charge on any atom is 0.261 e. The highest BCUT2D eigenvalue weighted by Gasteiger charge is 2.14. The van der Waals surface area contributed by atoms with E-state index in [1.165, 1.54) is 6.07 Å². The number of tetrazole rings is 1. The van der Waals surface area contributed by atoms with Crippen molar-refractivity contribution in [1.82, 2.24) is 30.2 Å². The molecule has 2 aromatic heterocycles. The number of para-hydroxylation sites is 1. The van der Waals surface area contributed by atoms with Crippen LogP contribution in [0.2, 0.25) is 0 Å². The third-order valence-corrected chi connectivity index (χ3v) is 7.20. The van der Waals surface area contributed by atoms with E-state index in [1.54, 1.807) is 28.8 Å². The van der Waals surface area contributed by atoms with Crippen LogP contribution in [0, 0.1) is 5.82 Å². The zero-order valence-corrected chi connectivity index (χ0v) is 23.1. The highest BCUT2D eigenvalue weighted by molar-refractivity contribution is 5.80. The Balaban J connectivity index is 1.31. The van der Waals surface area contributed by atoms with Gasteiger partial charge in [0, 0.05) is 12.0 Å². The van der Waals surface area contributed by atoms with Crippen LogP contribution in [0.25, 0.3) is 33.4 Å².